The fourth-order valence-corrected chi connectivity index (χ4v) is 1.48. The first-order chi connectivity index (χ1) is 6.34. The number of rotatable bonds is 4. The van der Waals surface area contributed by atoms with E-state index in [9.17, 15) is 4.79 Å². The fraction of sp³-hybridized carbons (Fsp3) is 0.500. The van der Waals surface area contributed by atoms with Crippen LogP contribution >= 0.6 is 0 Å². The fourth-order valence-electron chi connectivity index (χ4n) is 1.48. The molecule has 1 aromatic rings. The maximum absolute atomic E-state index is 10.5. The van der Waals surface area contributed by atoms with Gasteiger partial charge in [-0.3, -0.25) is 4.79 Å². The van der Waals surface area contributed by atoms with Crippen LogP contribution in [0.5, 0.6) is 0 Å². The third-order valence-corrected chi connectivity index (χ3v) is 2.22. The Balaban J connectivity index is 1.62. The van der Waals surface area contributed by atoms with Gasteiger partial charge in [0.05, 0.1) is 12.7 Å². The summed E-state index contributed by atoms with van der Waals surface area (Å²) >= 11 is 0. The average Bonchev–Trinajstić information content (AvgIpc) is 2.53. The SMILES string of the molecule is O=C1CC(CCCc2ccco2)O1. The summed E-state index contributed by atoms with van der Waals surface area (Å²) in [4.78, 5) is 10.5. The molecule has 3 nitrogen and oxygen atoms in total. The minimum Gasteiger partial charge on any atom is -0.469 e. The van der Waals surface area contributed by atoms with Crippen molar-refractivity contribution < 1.29 is 13.9 Å². The molecule has 0 spiro atoms. The quantitative estimate of drug-likeness (QED) is 0.664. The molecule has 0 radical (unpaired) electrons. The molecule has 0 aromatic carbocycles. The molecule has 2 rings (SSSR count). The Morgan fingerprint density at radius 3 is 3.00 bits per heavy atom. The first-order valence-corrected chi connectivity index (χ1v) is 4.56. The lowest BCUT2D eigenvalue weighted by atomic mass is 10.0. The van der Waals surface area contributed by atoms with Crippen molar-refractivity contribution in [1.82, 2.24) is 0 Å². The van der Waals surface area contributed by atoms with Gasteiger partial charge < -0.3 is 9.15 Å². The van der Waals surface area contributed by atoms with Crippen molar-refractivity contribution in [2.45, 2.75) is 31.8 Å². The zero-order valence-corrected chi connectivity index (χ0v) is 7.36. The highest BCUT2D eigenvalue weighted by Crippen LogP contribution is 2.19. The second-order valence-electron chi connectivity index (χ2n) is 3.29. The molecule has 0 aliphatic carbocycles. The summed E-state index contributed by atoms with van der Waals surface area (Å²) < 4.78 is 10.1. The number of carbonyl (C=O) groups is 1. The zero-order chi connectivity index (χ0) is 9.10. The van der Waals surface area contributed by atoms with Crippen LogP contribution in [-0.4, -0.2) is 12.1 Å². The van der Waals surface area contributed by atoms with Gasteiger partial charge in [0.15, 0.2) is 0 Å². The van der Waals surface area contributed by atoms with Crippen molar-refractivity contribution in [2.75, 3.05) is 0 Å². The second-order valence-corrected chi connectivity index (χ2v) is 3.29. The number of hydrogen-bond donors (Lipinski definition) is 0. The van der Waals surface area contributed by atoms with Gasteiger partial charge in [0.25, 0.3) is 0 Å². The van der Waals surface area contributed by atoms with Crippen LogP contribution in [0.3, 0.4) is 0 Å². The van der Waals surface area contributed by atoms with Crippen LogP contribution in [0.4, 0.5) is 0 Å². The van der Waals surface area contributed by atoms with E-state index >= 15 is 0 Å². The number of aryl methyl sites for hydroxylation is 1. The molecule has 1 fully saturated rings. The van der Waals surface area contributed by atoms with Crippen LogP contribution in [0.2, 0.25) is 0 Å². The number of furan rings is 1. The summed E-state index contributed by atoms with van der Waals surface area (Å²) in [6, 6.07) is 3.85. The highest BCUT2D eigenvalue weighted by Gasteiger charge is 2.27. The van der Waals surface area contributed by atoms with E-state index in [0.717, 1.165) is 25.0 Å². The summed E-state index contributed by atoms with van der Waals surface area (Å²) in [5.74, 6) is 0.939. The van der Waals surface area contributed by atoms with E-state index in [-0.39, 0.29) is 12.1 Å². The molecule has 70 valence electrons. The standard InChI is InChI=1S/C10H12O3/c11-10-7-9(13-10)4-1-3-8-5-2-6-12-8/h2,5-6,9H,1,3-4,7H2. The predicted molar refractivity (Wildman–Crippen MR) is 46.1 cm³/mol. The summed E-state index contributed by atoms with van der Waals surface area (Å²) in [5.41, 5.74) is 0. The van der Waals surface area contributed by atoms with Gasteiger partial charge in [-0.2, -0.15) is 0 Å². The molecule has 0 bridgehead atoms. The van der Waals surface area contributed by atoms with E-state index in [1.165, 1.54) is 0 Å². The second kappa shape index (κ2) is 3.64. The molecule has 1 aromatic heterocycles. The Labute approximate surface area is 76.7 Å². The molecule has 0 N–H and O–H groups in total. The van der Waals surface area contributed by atoms with Crippen molar-refractivity contribution in [3.8, 4) is 0 Å². The molecule has 1 unspecified atom stereocenters. The normalized spacial score (nSPS) is 20.9. The zero-order valence-electron chi connectivity index (χ0n) is 7.36. The first kappa shape index (κ1) is 8.35. The van der Waals surface area contributed by atoms with E-state index in [4.69, 9.17) is 9.15 Å². The number of esters is 1. The van der Waals surface area contributed by atoms with Gasteiger partial charge in [-0.1, -0.05) is 0 Å². The van der Waals surface area contributed by atoms with Crippen molar-refractivity contribution >= 4 is 5.97 Å². The molecule has 1 saturated heterocycles. The summed E-state index contributed by atoms with van der Waals surface area (Å²) in [5, 5.41) is 0. The molecule has 13 heavy (non-hydrogen) atoms. The maximum atomic E-state index is 10.5. The van der Waals surface area contributed by atoms with Crippen LogP contribution in [0.15, 0.2) is 22.8 Å². The van der Waals surface area contributed by atoms with E-state index < -0.39 is 0 Å². The lowest BCUT2D eigenvalue weighted by Gasteiger charge is -2.25. The maximum Gasteiger partial charge on any atom is 0.309 e. The lowest BCUT2D eigenvalue weighted by molar-refractivity contribution is -0.169. The van der Waals surface area contributed by atoms with Gasteiger partial charge in [0.2, 0.25) is 0 Å². The monoisotopic (exact) mass is 180 g/mol. The molecule has 0 saturated carbocycles. The molecule has 3 heteroatoms. The van der Waals surface area contributed by atoms with E-state index in [0.29, 0.717) is 6.42 Å². The van der Waals surface area contributed by atoms with Crippen LogP contribution < -0.4 is 0 Å². The number of carbonyl (C=O) groups excluding carboxylic acids is 1. The van der Waals surface area contributed by atoms with Gasteiger partial charge in [0.1, 0.15) is 11.9 Å². The minimum atomic E-state index is -0.0667. The van der Waals surface area contributed by atoms with E-state index in [2.05, 4.69) is 0 Å². The molecule has 1 atom stereocenters. The van der Waals surface area contributed by atoms with Gasteiger partial charge in [-0.15, -0.1) is 0 Å². The number of hydrogen-bond acceptors (Lipinski definition) is 3. The molecule has 1 aliphatic rings. The predicted octanol–water partition coefficient (Wildman–Crippen LogP) is 1.92. The number of ether oxygens (including phenoxy) is 1. The smallest absolute Gasteiger partial charge is 0.309 e. The van der Waals surface area contributed by atoms with Crippen molar-refractivity contribution in [3.63, 3.8) is 0 Å². The molecular weight excluding hydrogens is 168 g/mol. The Morgan fingerprint density at radius 1 is 1.54 bits per heavy atom. The van der Waals surface area contributed by atoms with Crippen molar-refractivity contribution in [3.05, 3.63) is 24.2 Å². The Bertz CT molecular complexity index is 268. The van der Waals surface area contributed by atoms with Crippen molar-refractivity contribution in [1.29, 1.82) is 0 Å². The van der Waals surface area contributed by atoms with Crippen LogP contribution in [0.1, 0.15) is 25.0 Å². The van der Waals surface area contributed by atoms with Crippen LogP contribution in [0, 0.1) is 0 Å². The largest absolute Gasteiger partial charge is 0.469 e. The van der Waals surface area contributed by atoms with E-state index in [1.807, 2.05) is 12.1 Å². The lowest BCUT2D eigenvalue weighted by Crippen LogP contribution is -2.32. The summed E-state index contributed by atoms with van der Waals surface area (Å²) in [7, 11) is 0. The van der Waals surface area contributed by atoms with Crippen LogP contribution in [0.25, 0.3) is 0 Å². The van der Waals surface area contributed by atoms with Gasteiger partial charge in [0, 0.05) is 6.42 Å². The van der Waals surface area contributed by atoms with E-state index in [1.54, 1.807) is 6.26 Å². The Kier molecular flexibility index (Phi) is 2.34. The first-order valence-electron chi connectivity index (χ1n) is 4.56. The summed E-state index contributed by atoms with van der Waals surface area (Å²) in [6.45, 7) is 0. The number of cyclic esters (lactones) is 1. The molecule has 1 aliphatic heterocycles. The van der Waals surface area contributed by atoms with Crippen molar-refractivity contribution in [2.24, 2.45) is 0 Å². The highest BCUT2D eigenvalue weighted by atomic mass is 16.6. The van der Waals surface area contributed by atoms with Gasteiger partial charge in [-0.25, -0.2) is 0 Å². The Morgan fingerprint density at radius 2 is 2.38 bits per heavy atom. The topological polar surface area (TPSA) is 39.4 Å². The third kappa shape index (κ3) is 2.11. The van der Waals surface area contributed by atoms with Gasteiger partial charge in [-0.05, 0) is 25.0 Å². The van der Waals surface area contributed by atoms with Gasteiger partial charge >= 0.3 is 5.97 Å². The molecule has 2 heterocycles. The molecule has 0 amide bonds. The molecular formula is C10H12O3. The minimum absolute atomic E-state index is 0.0667. The summed E-state index contributed by atoms with van der Waals surface area (Å²) in [6.07, 6.45) is 5.35. The third-order valence-electron chi connectivity index (χ3n) is 2.22. The van der Waals surface area contributed by atoms with Crippen LogP contribution in [-0.2, 0) is 16.0 Å². The Hall–Kier alpha value is -1.25. The average molecular weight is 180 g/mol. The highest BCUT2D eigenvalue weighted by molar-refractivity contribution is 5.75.